The van der Waals surface area contributed by atoms with Crippen molar-refractivity contribution in [3.8, 4) is 5.88 Å². The van der Waals surface area contributed by atoms with Crippen molar-refractivity contribution in [1.82, 2.24) is 15.6 Å². The quantitative estimate of drug-likeness (QED) is 0.747. The highest BCUT2D eigenvalue weighted by Gasteiger charge is 2.24. The van der Waals surface area contributed by atoms with Gasteiger partial charge in [0.25, 0.3) is 0 Å². The summed E-state index contributed by atoms with van der Waals surface area (Å²) in [7, 11) is 1.57. The summed E-state index contributed by atoms with van der Waals surface area (Å²) in [5, 5.41) is 5.96. The van der Waals surface area contributed by atoms with Gasteiger partial charge in [-0.3, -0.25) is 4.79 Å². The van der Waals surface area contributed by atoms with Crippen LogP contribution in [0.2, 0.25) is 0 Å². The summed E-state index contributed by atoms with van der Waals surface area (Å²) in [6, 6.07) is 3.68. The van der Waals surface area contributed by atoms with Gasteiger partial charge in [-0.25, -0.2) is 4.98 Å². The van der Waals surface area contributed by atoms with Crippen LogP contribution in [0.1, 0.15) is 5.56 Å². The van der Waals surface area contributed by atoms with Crippen LogP contribution in [0.15, 0.2) is 18.3 Å². The average molecular weight is 221 g/mol. The predicted molar refractivity (Wildman–Crippen MR) is 59.0 cm³/mol. The SMILES string of the molecule is COc1cc(CNC(=O)C2CNC2)ccn1. The van der Waals surface area contributed by atoms with Gasteiger partial charge >= 0.3 is 0 Å². The fourth-order valence-corrected chi connectivity index (χ4v) is 1.48. The van der Waals surface area contributed by atoms with Crippen LogP contribution in [0, 0.1) is 5.92 Å². The molecule has 86 valence electrons. The largest absolute Gasteiger partial charge is 0.481 e. The standard InChI is InChI=1S/C11H15N3O2/c1-16-10-4-8(2-3-13-10)5-14-11(15)9-6-12-7-9/h2-4,9,12H,5-7H2,1H3,(H,14,15). The van der Waals surface area contributed by atoms with E-state index in [0.29, 0.717) is 12.4 Å². The maximum Gasteiger partial charge on any atom is 0.225 e. The number of hydrogen-bond donors (Lipinski definition) is 2. The zero-order valence-electron chi connectivity index (χ0n) is 9.19. The molecule has 1 aliphatic rings. The van der Waals surface area contributed by atoms with Crippen molar-refractivity contribution in [2.75, 3.05) is 20.2 Å². The van der Waals surface area contributed by atoms with Crippen LogP contribution in [-0.2, 0) is 11.3 Å². The molecule has 16 heavy (non-hydrogen) atoms. The number of carbonyl (C=O) groups is 1. The van der Waals surface area contributed by atoms with Gasteiger partial charge in [-0.1, -0.05) is 0 Å². The summed E-state index contributed by atoms with van der Waals surface area (Å²) in [5.41, 5.74) is 0.993. The lowest BCUT2D eigenvalue weighted by Gasteiger charge is -2.25. The number of hydrogen-bond acceptors (Lipinski definition) is 4. The van der Waals surface area contributed by atoms with Crippen molar-refractivity contribution >= 4 is 5.91 Å². The number of ether oxygens (including phenoxy) is 1. The summed E-state index contributed by atoms with van der Waals surface area (Å²) < 4.78 is 5.01. The fourth-order valence-electron chi connectivity index (χ4n) is 1.48. The van der Waals surface area contributed by atoms with Gasteiger partial charge in [0.05, 0.1) is 13.0 Å². The number of nitrogens with one attached hydrogen (secondary N) is 2. The van der Waals surface area contributed by atoms with Crippen molar-refractivity contribution in [2.24, 2.45) is 5.92 Å². The highest BCUT2D eigenvalue weighted by Crippen LogP contribution is 2.09. The minimum Gasteiger partial charge on any atom is -0.481 e. The van der Waals surface area contributed by atoms with Gasteiger partial charge in [0.1, 0.15) is 0 Å². The highest BCUT2D eigenvalue weighted by atomic mass is 16.5. The van der Waals surface area contributed by atoms with E-state index in [0.717, 1.165) is 18.7 Å². The van der Waals surface area contributed by atoms with Gasteiger partial charge in [-0.15, -0.1) is 0 Å². The molecule has 0 spiro atoms. The van der Waals surface area contributed by atoms with Crippen molar-refractivity contribution < 1.29 is 9.53 Å². The monoisotopic (exact) mass is 221 g/mol. The van der Waals surface area contributed by atoms with Crippen LogP contribution in [0.4, 0.5) is 0 Å². The summed E-state index contributed by atoms with van der Waals surface area (Å²) in [5.74, 6) is 0.801. The number of nitrogens with zero attached hydrogens (tertiary/aromatic N) is 1. The molecule has 0 atom stereocenters. The molecule has 1 saturated heterocycles. The molecular weight excluding hydrogens is 206 g/mol. The van der Waals surface area contributed by atoms with E-state index in [1.807, 2.05) is 12.1 Å². The second kappa shape index (κ2) is 4.94. The van der Waals surface area contributed by atoms with Crippen molar-refractivity contribution in [2.45, 2.75) is 6.54 Å². The van der Waals surface area contributed by atoms with E-state index in [1.165, 1.54) is 0 Å². The molecule has 0 aromatic carbocycles. The Morgan fingerprint density at radius 1 is 1.69 bits per heavy atom. The number of carbonyl (C=O) groups excluding carboxylic acids is 1. The average Bonchev–Trinajstić information content (AvgIpc) is 2.24. The van der Waals surface area contributed by atoms with Crippen molar-refractivity contribution in [1.29, 1.82) is 0 Å². The van der Waals surface area contributed by atoms with Crippen LogP contribution in [-0.4, -0.2) is 31.1 Å². The van der Waals surface area contributed by atoms with Gasteiger partial charge in [0.2, 0.25) is 11.8 Å². The number of aromatic nitrogens is 1. The summed E-state index contributed by atoms with van der Waals surface area (Å²) in [6.07, 6.45) is 1.67. The molecule has 2 rings (SSSR count). The van der Waals surface area contributed by atoms with Gasteiger partial charge in [-0.05, 0) is 11.6 Å². The third kappa shape index (κ3) is 2.49. The van der Waals surface area contributed by atoms with Crippen molar-refractivity contribution in [3.63, 3.8) is 0 Å². The third-order valence-corrected chi connectivity index (χ3v) is 2.63. The van der Waals surface area contributed by atoms with Gasteiger partial charge in [0.15, 0.2) is 0 Å². The predicted octanol–water partition coefficient (Wildman–Crippen LogP) is -0.0742. The molecule has 5 nitrogen and oxygen atoms in total. The molecule has 0 bridgehead atoms. The Morgan fingerprint density at radius 2 is 2.50 bits per heavy atom. The summed E-state index contributed by atoms with van der Waals surface area (Å²) in [4.78, 5) is 15.6. The zero-order chi connectivity index (χ0) is 11.4. The summed E-state index contributed by atoms with van der Waals surface area (Å²) >= 11 is 0. The van der Waals surface area contributed by atoms with Crippen molar-refractivity contribution in [3.05, 3.63) is 23.9 Å². The zero-order valence-corrected chi connectivity index (χ0v) is 9.19. The van der Waals surface area contributed by atoms with E-state index in [9.17, 15) is 4.79 Å². The fraction of sp³-hybridized carbons (Fsp3) is 0.455. The van der Waals surface area contributed by atoms with E-state index < -0.39 is 0 Å². The molecule has 0 aliphatic carbocycles. The number of methoxy groups -OCH3 is 1. The first-order valence-corrected chi connectivity index (χ1v) is 5.27. The second-order valence-corrected chi connectivity index (χ2v) is 3.78. The molecule has 1 aliphatic heterocycles. The minimum atomic E-state index is 0.106. The first-order valence-electron chi connectivity index (χ1n) is 5.27. The molecular formula is C11H15N3O2. The molecule has 0 saturated carbocycles. The van der Waals surface area contributed by atoms with E-state index in [2.05, 4.69) is 15.6 Å². The van der Waals surface area contributed by atoms with Crippen LogP contribution in [0.5, 0.6) is 5.88 Å². The molecule has 2 heterocycles. The maximum absolute atomic E-state index is 11.6. The molecule has 1 fully saturated rings. The molecule has 1 amide bonds. The van der Waals surface area contributed by atoms with E-state index in [4.69, 9.17) is 4.74 Å². The molecule has 2 N–H and O–H groups in total. The van der Waals surface area contributed by atoms with Gasteiger partial charge < -0.3 is 15.4 Å². The normalized spacial score (nSPS) is 15.3. The Bertz CT molecular complexity index is 377. The molecule has 5 heteroatoms. The van der Waals surface area contributed by atoms with E-state index >= 15 is 0 Å². The lowest BCUT2D eigenvalue weighted by molar-refractivity contribution is -0.126. The minimum absolute atomic E-state index is 0.106. The smallest absolute Gasteiger partial charge is 0.225 e. The highest BCUT2D eigenvalue weighted by molar-refractivity contribution is 5.79. The lowest BCUT2D eigenvalue weighted by Crippen LogP contribution is -2.50. The third-order valence-electron chi connectivity index (χ3n) is 2.63. The molecule has 1 aromatic heterocycles. The van der Waals surface area contributed by atoms with E-state index in [1.54, 1.807) is 13.3 Å². The molecule has 0 radical (unpaired) electrons. The Morgan fingerprint density at radius 3 is 3.12 bits per heavy atom. The van der Waals surface area contributed by atoms with Gasteiger partial charge in [-0.2, -0.15) is 0 Å². The van der Waals surface area contributed by atoms with E-state index in [-0.39, 0.29) is 11.8 Å². The number of rotatable bonds is 4. The first kappa shape index (κ1) is 10.9. The maximum atomic E-state index is 11.6. The van der Waals surface area contributed by atoms with Crippen LogP contribution < -0.4 is 15.4 Å². The molecule has 0 unspecified atom stereocenters. The number of amides is 1. The Balaban J connectivity index is 1.86. The van der Waals surface area contributed by atoms with Crippen LogP contribution in [0.3, 0.4) is 0 Å². The topological polar surface area (TPSA) is 63.2 Å². The van der Waals surface area contributed by atoms with Crippen LogP contribution >= 0.6 is 0 Å². The van der Waals surface area contributed by atoms with Crippen LogP contribution in [0.25, 0.3) is 0 Å². The Hall–Kier alpha value is -1.62. The second-order valence-electron chi connectivity index (χ2n) is 3.78. The summed E-state index contributed by atoms with van der Waals surface area (Å²) in [6.45, 7) is 2.09. The Labute approximate surface area is 94.2 Å². The van der Waals surface area contributed by atoms with Gasteiger partial charge in [0, 0.05) is 31.9 Å². The lowest BCUT2D eigenvalue weighted by atomic mass is 10.0. The molecule has 1 aromatic rings. The Kier molecular flexibility index (Phi) is 3.36. The first-order chi connectivity index (χ1) is 7.79. The number of pyridine rings is 1.